The maximum atomic E-state index is 12.1. The SMILES string of the molecule is N#CCC(=O)Nc1cc(Cl)ccc1OC(F)F. The first-order valence-corrected chi connectivity index (χ1v) is 4.82. The number of ether oxygens (including phenoxy) is 1. The van der Waals surface area contributed by atoms with Crippen LogP contribution in [0.3, 0.4) is 0 Å². The maximum Gasteiger partial charge on any atom is 0.387 e. The highest BCUT2D eigenvalue weighted by molar-refractivity contribution is 6.31. The monoisotopic (exact) mass is 260 g/mol. The van der Waals surface area contributed by atoms with Crippen molar-refractivity contribution in [1.82, 2.24) is 0 Å². The van der Waals surface area contributed by atoms with Gasteiger partial charge in [0.15, 0.2) is 0 Å². The average Bonchev–Trinajstić information content (AvgIpc) is 2.22. The minimum absolute atomic E-state index is 0.00181. The fraction of sp³-hybridized carbons (Fsp3) is 0.200. The average molecular weight is 261 g/mol. The predicted octanol–water partition coefficient (Wildman–Crippen LogP) is 2.79. The number of rotatable bonds is 4. The molecule has 90 valence electrons. The number of hydrogen-bond acceptors (Lipinski definition) is 3. The molecule has 1 aromatic carbocycles. The van der Waals surface area contributed by atoms with E-state index in [1.165, 1.54) is 18.2 Å². The van der Waals surface area contributed by atoms with Crippen molar-refractivity contribution in [2.24, 2.45) is 0 Å². The van der Waals surface area contributed by atoms with E-state index in [1.807, 2.05) is 0 Å². The van der Waals surface area contributed by atoms with E-state index in [-0.39, 0.29) is 22.9 Å². The smallest absolute Gasteiger partial charge is 0.387 e. The van der Waals surface area contributed by atoms with Crippen LogP contribution in [0, 0.1) is 11.3 Å². The number of alkyl halides is 2. The highest BCUT2D eigenvalue weighted by Crippen LogP contribution is 2.29. The second-order valence-corrected chi connectivity index (χ2v) is 3.34. The summed E-state index contributed by atoms with van der Waals surface area (Å²) in [5.74, 6) is -0.843. The summed E-state index contributed by atoms with van der Waals surface area (Å²) in [5.41, 5.74) is -0.00181. The quantitative estimate of drug-likeness (QED) is 0.905. The third kappa shape index (κ3) is 4.25. The molecule has 0 saturated heterocycles. The molecular formula is C10H7ClF2N2O2. The van der Waals surface area contributed by atoms with Gasteiger partial charge in [0.2, 0.25) is 5.91 Å². The van der Waals surface area contributed by atoms with Gasteiger partial charge in [-0.2, -0.15) is 14.0 Å². The van der Waals surface area contributed by atoms with E-state index in [4.69, 9.17) is 16.9 Å². The molecule has 4 nitrogen and oxygen atoms in total. The summed E-state index contributed by atoms with van der Waals surface area (Å²) in [6, 6.07) is 5.44. The number of benzene rings is 1. The number of carbonyl (C=O) groups is 1. The lowest BCUT2D eigenvalue weighted by Gasteiger charge is -2.11. The first kappa shape index (κ1) is 13.2. The van der Waals surface area contributed by atoms with Crippen LogP contribution in [0.15, 0.2) is 18.2 Å². The van der Waals surface area contributed by atoms with Gasteiger partial charge in [-0.1, -0.05) is 11.6 Å². The van der Waals surface area contributed by atoms with E-state index in [0.717, 1.165) is 0 Å². The Balaban J connectivity index is 2.91. The Morgan fingerprint density at radius 3 is 2.88 bits per heavy atom. The predicted molar refractivity (Wildman–Crippen MR) is 56.9 cm³/mol. The largest absolute Gasteiger partial charge is 0.433 e. The van der Waals surface area contributed by atoms with Gasteiger partial charge in [0.25, 0.3) is 0 Å². The lowest BCUT2D eigenvalue weighted by atomic mass is 10.3. The van der Waals surface area contributed by atoms with Gasteiger partial charge in [-0.3, -0.25) is 4.79 Å². The summed E-state index contributed by atoms with van der Waals surface area (Å²) in [5, 5.41) is 10.8. The minimum atomic E-state index is -3.01. The summed E-state index contributed by atoms with van der Waals surface area (Å²) in [6.07, 6.45) is -0.388. The fourth-order valence-electron chi connectivity index (χ4n) is 1.06. The van der Waals surface area contributed by atoms with Crippen LogP contribution in [0.25, 0.3) is 0 Å². The first-order chi connectivity index (χ1) is 8.02. The molecule has 7 heteroatoms. The molecule has 0 aliphatic carbocycles. The highest BCUT2D eigenvalue weighted by Gasteiger charge is 2.12. The first-order valence-electron chi connectivity index (χ1n) is 4.44. The van der Waals surface area contributed by atoms with E-state index in [1.54, 1.807) is 6.07 Å². The summed E-state index contributed by atoms with van der Waals surface area (Å²) in [4.78, 5) is 11.1. The molecule has 0 bridgehead atoms. The van der Waals surface area contributed by atoms with Gasteiger partial charge in [0.1, 0.15) is 12.2 Å². The number of nitrogens with one attached hydrogen (secondary N) is 1. The number of amides is 1. The molecule has 17 heavy (non-hydrogen) atoms. The number of hydrogen-bond donors (Lipinski definition) is 1. The summed E-state index contributed by atoms with van der Waals surface area (Å²) >= 11 is 5.65. The molecule has 0 atom stereocenters. The number of anilines is 1. The van der Waals surface area contributed by atoms with Gasteiger partial charge in [-0.05, 0) is 18.2 Å². The van der Waals surface area contributed by atoms with E-state index in [2.05, 4.69) is 10.1 Å². The molecule has 0 aliphatic heterocycles. The van der Waals surface area contributed by atoms with Crippen molar-refractivity contribution < 1.29 is 18.3 Å². The summed E-state index contributed by atoms with van der Waals surface area (Å²) < 4.78 is 28.3. The second-order valence-electron chi connectivity index (χ2n) is 2.90. The molecule has 0 aromatic heterocycles. The molecule has 1 N–H and O–H groups in total. The van der Waals surface area contributed by atoms with Crippen LogP contribution in [0.2, 0.25) is 5.02 Å². The van der Waals surface area contributed by atoms with Gasteiger partial charge in [-0.15, -0.1) is 0 Å². The topological polar surface area (TPSA) is 62.1 Å². The summed E-state index contributed by atoms with van der Waals surface area (Å²) in [6.45, 7) is -3.01. The van der Waals surface area contributed by atoms with Crippen LogP contribution in [-0.4, -0.2) is 12.5 Å². The maximum absolute atomic E-state index is 12.1. The molecule has 1 aromatic rings. The van der Waals surface area contributed by atoms with Gasteiger partial charge < -0.3 is 10.1 Å². The zero-order valence-electron chi connectivity index (χ0n) is 8.41. The zero-order valence-corrected chi connectivity index (χ0v) is 9.17. The number of nitrogens with zero attached hydrogens (tertiary/aromatic N) is 1. The van der Waals surface area contributed by atoms with Crippen molar-refractivity contribution in [3.8, 4) is 11.8 Å². The lowest BCUT2D eigenvalue weighted by molar-refractivity contribution is -0.115. The van der Waals surface area contributed by atoms with Crippen LogP contribution in [0.1, 0.15) is 6.42 Å². The van der Waals surface area contributed by atoms with Crippen LogP contribution < -0.4 is 10.1 Å². The van der Waals surface area contributed by atoms with E-state index >= 15 is 0 Å². The molecule has 1 rings (SSSR count). The Bertz CT molecular complexity index is 460. The van der Waals surface area contributed by atoms with E-state index in [0.29, 0.717) is 0 Å². The van der Waals surface area contributed by atoms with Gasteiger partial charge in [0, 0.05) is 5.02 Å². The zero-order chi connectivity index (χ0) is 12.8. The van der Waals surface area contributed by atoms with Gasteiger partial charge in [0.05, 0.1) is 11.8 Å². The van der Waals surface area contributed by atoms with Gasteiger partial charge >= 0.3 is 6.61 Å². The van der Waals surface area contributed by atoms with E-state index in [9.17, 15) is 13.6 Å². The Morgan fingerprint density at radius 1 is 1.59 bits per heavy atom. The highest BCUT2D eigenvalue weighted by atomic mass is 35.5. The molecular weight excluding hydrogens is 254 g/mol. The Hall–Kier alpha value is -1.87. The van der Waals surface area contributed by atoms with Crippen molar-refractivity contribution in [1.29, 1.82) is 5.26 Å². The molecule has 1 amide bonds. The van der Waals surface area contributed by atoms with Crippen molar-refractivity contribution in [3.05, 3.63) is 23.2 Å². The number of nitriles is 1. The van der Waals surface area contributed by atoms with E-state index < -0.39 is 12.5 Å². The summed E-state index contributed by atoms with van der Waals surface area (Å²) in [7, 11) is 0. The third-order valence-electron chi connectivity index (χ3n) is 1.67. The molecule has 0 unspecified atom stereocenters. The van der Waals surface area contributed by atoms with Crippen LogP contribution in [-0.2, 0) is 4.79 Å². The molecule has 0 aliphatic rings. The molecule has 0 radical (unpaired) electrons. The minimum Gasteiger partial charge on any atom is -0.433 e. The van der Waals surface area contributed by atoms with Crippen LogP contribution in [0.5, 0.6) is 5.75 Å². The lowest BCUT2D eigenvalue weighted by Crippen LogP contribution is -2.12. The van der Waals surface area contributed by atoms with Crippen molar-refractivity contribution in [3.63, 3.8) is 0 Å². The molecule has 0 spiro atoms. The molecule has 0 heterocycles. The number of halogens is 3. The molecule has 0 fully saturated rings. The van der Waals surface area contributed by atoms with Gasteiger partial charge in [-0.25, -0.2) is 0 Å². The number of carbonyl (C=O) groups excluding carboxylic acids is 1. The normalized spacial score (nSPS) is 9.82. The fourth-order valence-corrected chi connectivity index (χ4v) is 1.24. The molecule has 0 saturated carbocycles. The Kier molecular flexibility index (Phi) is 4.67. The second kappa shape index (κ2) is 6.01. The van der Waals surface area contributed by atoms with Crippen LogP contribution >= 0.6 is 11.6 Å². The third-order valence-corrected chi connectivity index (χ3v) is 1.91. The van der Waals surface area contributed by atoms with Crippen molar-refractivity contribution in [2.45, 2.75) is 13.0 Å². The Morgan fingerprint density at radius 2 is 2.29 bits per heavy atom. The van der Waals surface area contributed by atoms with Crippen molar-refractivity contribution >= 4 is 23.2 Å². The Labute approximate surface area is 101 Å². The van der Waals surface area contributed by atoms with Crippen LogP contribution in [0.4, 0.5) is 14.5 Å². The standard InChI is InChI=1S/C10H7ClF2N2O2/c11-6-1-2-8(17-10(12)13)7(5-6)15-9(16)3-4-14/h1-2,5,10H,3H2,(H,15,16). The van der Waals surface area contributed by atoms with Crippen molar-refractivity contribution in [2.75, 3.05) is 5.32 Å².